The molecule has 0 amide bonds. The highest BCUT2D eigenvalue weighted by Crippen LogP contribution is 2.45. The number of aromatic nitrogens is 1. The first kappa shape index (κ1) is 18.8. The third-order valence-corrected chi connectivity index (χ3v) is 7.47. The Morgan fingerprint density at radius 3 is 2.31 bits per heavy atom. The zero-order valence-corrected chi connectivity index (χ0v) is 15.0. The zero-order chi connectivity index (χ0) is 19.3. The van der Waals surface area contributed by atoms with Gasteiger partial charge in [-0.15, -0.1) is 0 Å². The molecule has 0 saturated heterocycles. The van der Waals surface area contributed by atoms with E-state index in [0.29, 0.717) is 12.6 Å². The second-order valence-electron chi connectivity index (χ2n) is 6.18. The van der Waals surface area contributed by atoms with Gasteiger partial charge in [-0.05, 0) is 37.5 Å². The minimum atomic E-state index is -4.90. The Bertz CT molecular complexity index is 983. The third kappa shape index (κ3) is 3.11. The second kappa shape index (κ2) is 6.04. The third-order valence-electron chi connectivity index (χ3n) is 4.20. The van der Waals surface area contributed by atoms with Crippen LogP contribution in [0.2, 0.25) is 0 Å². The Balaban J connectivity index is 2.02. The normalized spacial score (nSPS) is 17.5. The summed E-state index contributed by atoms with van der Waals surface area (Å²) in [6.07, 6.45) is -3.33. The van der Waals surface area contributed by atoms with Gasteiger partial charge in [-0.3, -0.25) is 0 Å². The van der Waals surface area contributed by atoms with Crippen LogP contribution >= 0.6 is 11.3 Å². The molecule has 1 heterocycles. The summed E-state index contributed by atoms with van der Waals surface area (Å²) in [6.45, 7) is 0.601. The largest absolute Gasteiger partial charge is 0.421 e. The summed E-state index contributed by atoms with van der Waals surface area (Å²) in [5.74, 6) is -0.0108. The molecule has 10 heteroatoms. The maximum Gasteiger partial charge on any atom is 0.421 e. The van der Waals surface area contributed by atoms with Crippen LogP contribution in [-0.2, 0) is 15.4 Å². The molecule has 0 unspecified atom stereocenters. The molecule has 2 aromatic rings. The molecule has 138 valence electrons. The molecule has 1 fully saturated rings. The van der Waals surface area contributed by atoms with Crippen LogP contribution in [0.1, 0.15) is 41.9 Å². The molecule has 1 N–H and O–H groups in total. The maximum absolute atomic E-state index is 12.9. The molecule has 0 spiro atoms. The first-order chi connectivity index (χ1) is 12.0. The Morgan fingerprint density at radius 2 is 1.85 bits per heavy atom. The van der Waals surface area contributed by atoms with Gasteiger partial charge in [0, 0.05) is 5.92 Å². The molecule has 0 aliphatic heterocycles. The van der Waals surface area contributed by atoms with Gasteiger partial charge in [0.1, 0.15) is 10.3 Å². The van der Waals surface area contributed by atoms with Gasteiger partial charge in [-0.1, -0.05) is 23.5 Å². The van der Waals surface area contributed by atoms with Gasteiger partial charge in [0.25, 0.3) is 0 Å². The molecule has 26 heavy (non-hydrogen) atoms. The predicted octanol–water partition coefficient (Wildman–Crippen LogP) is 3.49. The summed E-state index contributed by atoms with van der Waals surface area (Å²) in [7, 11) is -4.02. The smallest absolute Gasteiger partial charge is 0.376 e. The van der Waals surface area contributed by atoms with Crippen LogP contribution in [0.15, 0.2) is 33.4 Å². The average Bonchev–Trinajstić information content (AvgIpc) is 3.32. The minimum absolute atomic E-state index is 0.0108. The summed E-state index contributed by atoms with van der Waals surface area (Å²) in [5, 5.41) is 18.7. The number of alkyl halides is 3. The molecular weight excluding hydrogens is 389 g/mol. The monoisotopic (exact) mass is 402 g/mol. The minimum Gasteiger partial charge on any atom is -0.376 e. The van der Waals surface area contributed by atoms with E-state index in [1.807, 2.05) is 6.07 Å². The van der Waals surface area contributed by atoms with Gasteiger partial charge in [-0.2, -0.15) is 18.4 Å². The lowest BCUT2D eigenvalue weighted by Crippen LogP contribution is -2.39. The van der Waals surface area contributed by atoms with Crippen LogP contribution in [-0.4, -0.2) is 24.7 Å². The summed E-state index contributed by atoms with van der Waals surface area (Å²) >= 11 is 0.754. The number of hydrogen-bond donors (Lipinski definition) is 1. The number of thiazole rings is 1. The van der Waals surface area contributed by atoms with Crippen molar-refractivity contribution in [1.29, 1.82) is 5.26 Å². The summed E-state index contributed by atoms with van der Waals surface area (Å²) in [6, 6.07) is 5.73. The highest BCUT2D eigenvalue weighted by Gasteiger charge is 2.51. The number of aliphatic hydroxyl groups is 1. The quantitative estimate of drug-likeness (QED) is 0.845. The Morgan fingerprint density at radius 1 is 1.27 bits per heavy atom. The Kier molecular flexibility index (Phi) is 4.37. The fourth-order valence-electron chi connectivity index (χ4n) is 2.40. The van der Waals surface area contributed by atoms with E-state index in [1.54, 1.807) is 0 Å². The molecule has 0 bridgehead atoms. The summed E-state index contributed by atoms with van der Waals surface area (Å²) in [5.41, 5.74) is -3.21. The molecular formula is C16H13F3N2O3S2. The van der Waals surface area contributed by atoms with E-state index in [0.717, 1.165) is 48.4 Å². The van der Waals surface area contributed by atoms with Crippen molar-refractivity contribution in [3.8, 4) is 6.07 Å². The van der Waals surface area contributed by atoms with Crippen LogP contribution in [0.4, 0.5) is 13.2 Å². The molecule has 1 aromatic heterocycles. The van der Waals surface area contributed by atoms with Gasteiger partial charge in [0.05, 0.1) is 10.6 Å². The summed E-state index contributed by atoms with van der Waals surface area (Å²) in [4.78, 5) is 3.85. The molecule has 1 aromatic carbocycles. The number of rotatable bonds is 4. The second-order valence-corrected chi connectivity index (χ2v) is 9.32. The number of benzene rings is 1. The van der Waals surface area contributed by atoms with Crippen molar-refractivity contribution >= 4 is 21.2 Å². The van der Waals surface area contributed by atoms with Crippen molar-refractivity contribution in [2.75, 3.05) is 0 Å². The molecule has 3 rings (SSSR count). The van der Waals surface area contributed by atoms with Crippen LogP contribution in [0.25, 0.3) is 0 Å². The van der Waals surface area contributed by atoms with Crippen molar-refractivity contribution in [1.82, 2.24) is 4.98 Å². The Labute approximate surface area is 151 Å². The van der Waals surface area contributed by atoms with E-state index in [-0.39, 0.29) is 20.0 Å². The standard InChI is InChI=1S/C16H13F3N2O3S2/c1-15(22,16(17,18)19)10-4-6-11(7-5-10)26(23,24)14-13(9-2-3-9)21-12(8-20)25-14/h4-7,9,22H,2-3H2,1H3/t15-/m0/s1. The lowest BCUT2D eigenvalue weighted by Gasteiger charge is -2.26. The lowest BCUT2D eigenvalue weighted by molar-refractivity contribution is -0.258. The Hall–Kier alpha value is -1.96. The van der Waals surface area contributed by atoms with E-state index in [9.17, 15) is 26.7 Å². The van der Waals surface area contributed by atoms with Gasteiger partial charge >= 0.3 is 6.18 Å². The first-order valence-corrected chi connectivity index (χ1v) is 9.84. The van der Waals surface area contributed by atoms with E-state index in [4.69, 9.17) is 5.26 Å². The van der Waals surface area contributed by atoms with Crippen LogP contribution in [0.3, 0.4) is 0 Å². The molecule has 0 radical (unpaired) electrons. The first-order valence-electron chi connectivity index (χ1n) is 7.54. The SMILES string of the molecule is C[C@](O)(c1ccc(S(=O)(=O)c2sc(C#N)nc2C2CC2)cc1)C(F)(F)F. The van der Waals surface area contributed by atoms with E-state index >= 15 is 0 Å². The molecule has 1 aliphatic carbocycles. The van der Waals surface area contributed by atoms with Crippen LogP contribution in [0, 0.1) is 11.3 Å². The highest BCUT2D eigenvalue weighted by atomic mass is 32.2. The molecule has 1 saturated carbocycles. The van der Waals surface area contributed by atoms with E-state index in [2.05, 4.69) is 4.98 Å². The fraction of sp³-hybridized carbons (Fsp3) is 0.375. The van der Waals surface area contributed by atoms with Crippen molar-refractivity contribution in [2.45, 2.75) is 46.6 Å². The average molecular weight is 402 g/mol. The van der Waals surface area contributed by atoms with Crippen molar-refractivity contribution < 1.29 is 26.7 Å². The van der Waals surface area contributed by atoms with Crippen molar-refractivity contribution in [3.05, 3.63) is 40.5 Å². The van der Waals surface area contributed by atoms with E-state index in [1.165, 1.54) is 0 Å². The van der Waals surface area contributed by atoms with Gasteiger partial charge in [0.2, 0.25) is 9.84 Å². The molecule has 5 nitrogen and oxygen atoms in total. The number of hydrogen-bond acceptors (Lipinski definition) is 6. The molecule has 1 atom stereocenters. The number of nitrogens with zero attached hydrogens (tertiary/aromatic N) is 2. The van der Waals surface area contributed by atoms with Gasteiger partial charge in [0.15, 0.2) is 10.6 Å². The highest BCUT2D eigenvalue weighted by molar-refractivity contribution is 7.93. The fourth-order valence-corrected chi connectivity index (χ4v) is 5.24. The number of halogens is 3. The van der Waals surface area contributed by atoms with Crippen LogP contribution in [0.5, 0.6) is 0 Å². The predicted molar refractivity (Wildman–Crippen MR) is 86.3 cm³/mol. The number of nitriles is 1. The zero-order valence-electron chi connectivity index (χ0n) is 13.4. The van der Waals surface area contributed by atoms with Crippen LogP contribution < -0.4 is 0 Å². The number of sulfone groups is 1. The summed E-state index contributed by atoms with van der Waals surface area (Å²) < 4.78 is 64.4. The molecule has 1 aliphatic rings. The van der Waals surface area contributed by atoms with Crippen molar-refractivity contribution in [3.63, 3.8) is 0 Å². The van der Waals surface area contributed by atoms with E-state index < -0.39 is 27.2 Å². The van der Waals surface area contributed by atoms with Crippen molar-refractivity contribution in [2.24, 2.45) is 0 Å². The van der Waals surface area contributed by atoms with Gasteiger partial charge < -0.3 is 5.11 Å². The lowest BCUT2D eigenvalue weighted by atomic mass is 9.96. The van der Waals surface area contributed by atoms with Gasteiger partial charge in [-0.25, -0.2) is 13.4 Å². The topological polar surface area (TPSA) is 91.0 Å². The maximum atomic E-state index is 12.9.